The van der Waals surface area contributed by atoms with Crippen LogP contribution in [0.2, 0.25) is 0 Å². The molecule has 1 unspecified atom stereocenters. The smallest absolute Gasteiger partial charge is 0.438 e. The van der Waals surface area contributed by atoms with Crippen LogP contribution in [0.3, 0.4) is 0 Å². The van der Waals surface area contributed by atoms with E-state index in [2.05, 4.69) is 5.10 Å². The number of aliphatic hydroxyl groups is 1. The third-order valence-corrected chi connectivity index (χ3v) is 4.03. The molecule has 2 aromatic carbocycles. The van der Waals surface area contributed by atoms with Gasteiger partial charge in [0.25, 0.3) is 11.6 Å². The molecule has 0 bridgehead atoms. The number of amides is 1. The zero-order chi connectivity index (χ0) is 20.5. The zero-order valence-electron chi connectivity index (χ0n) is 14.1. The highest BCUT2D eigenvalue weighted by molar-refractivity contribution is 5.96. The Bertz CT molecular complexity index is 932. The molecule has 28 heavy (non-hydrogen) atoms. The molecule has 5 nitrogen and oxygen atoms in total. The Hall–Kier alpha value is -3.01. The van der Waals surface area contributed by atoms with E-state index in [4.69, 9.17) is 4.74 Å². The first-order valence-corrected chi connectivity index (χ1v) is 7.95. The van der Waals surface area contributed by atoms with Gasteiger partial charge < -0.3 is 9.84 Å². The third-order valence-electron chi connectivity index (χ3n) is 4.03. The lowest BCUT2D eigenvalue weighted by Gasteiger charge is -2.32. The number of hydrogen-bond acceptors (Lipinski definition) is 4. The second-order valence-corrected chi connectivity index (χ2v) is 6.00. The number of carbonyl (C=O) groups is 1. The fourth-order valence-corrected chi connectivity index (χ4v) is 2.56. The van der Waals surface area contributed by atoms with Gasteiger partial charge in [-0.25, -0.2) is 8.78 Å². The average Bonchev–Trinajstić information content (AvgIpc) is 3.03. The highest BCUT2D eigenvalue weighted by atomic mass is 19.4. The van der Waals surface area contributed by atoms with Crippen LogP contribution in [-0.4, -0.2) is 34.1 Å². The Balaban J connectivity index is 1.77. The van der Waals surface area contributed by atoms with Gasteiger partial charge in [-0.05, 0) is 29.8 Å². The molecule has 1 aliphatic rings. The van der Waals surface area contributed by atoms with Crippen LogP contribution < -0.4 is 4.74 Å². The summed E-state index contributed by atoms with van der Waals surface area (Å²) in [4.78, 5) is 12.4. The number of ether oxygens (including phenoxy) is 1. The van der Waals surface area contributed by atoms with Gasteiger partial charge in [0.05, 0.1) is 0 Å². The summed E-state index contributed by atoms with van der Waals surface area (Å²) in [6, 6.07) is 8.09. The molecule has 1 heterocycles. The molecule has 0 saturated heterocycles. The van der Waals surface area contributed by atoms with Gasteiger partial charge in [-0.2, -0.15) is 23.3 Å². The standard InChI is InChI=1S/C18H13F5N2O3/c19-13-4-5-15(14(20)9-13)28-10-11-2-1-3-12(8-11)16(26)25-17(27,6-7-24-25)18(21,22)23/h1-5,7-9,27H,6,10H2. The van der Waals surface area contributed by atoms with Crippen molar-refractivity contribution >= 4 is 12.1 Å². The molecule has 0 spiro atoms. The fourth-order valence-electron chi connectivity index (χ4n) is 2.56. The zero-order valence-corrected chi connectivity index (χ0v) is 14.1. The molecule has 1 atom stereocenters. The predicted octanol–water partition coefficient (Wildman–Crippen LogP) is 3.63. The molecule has 0 saturated carbocycles. The van der Waals surface area contributed by atoms with E-state index in [1.54, 1.807) is 0 Å². The van der Waals surface area contributed by atoms with Crippen molar-refractivity contribution in [1.29, 1.82) is 0 Å². The predicted molar refractivity (Wildman–Crippen MR) is 87.4 cm³/mol. The molecule has 10 heteroatoms. The lowest BCUT2D eigenvalue weighted by atomic mass is 10.1. The molecular formula is C18H13F5N2O3. The van der Waals surface area contributed by atoms with E-state index < -0.39 is 35.9 Å². The Kier molecular flexibility index (Phi) is 5.07. The van der Waals surface area contributed by atoms with E-state index in [1.165, 1.54) is 24.3 Å². The summed E-state index contributed by atoms with van der Waals surface area (Å²) in [6.07, 6.45) is -5.18. The molecule has 1 N–H and O–H groups in total. The second-order valence-electron chi connectivity index (χ2n) is 6.00. The molecule has 0 radical (unpaired) electrons. The van der Waals surface area contributed by atoms with Crippen LogP contribution in [0.4, 0.5) is 22.0 Å². The largest absolute Gasteiger partial charge is 0.486 e. The number of hydrazone groups is 1. The summed E-state index contributed by atoms with van der Waals surface area (Å²) in [5, 5.41) is 13.2. The van der Waals surface area contributed by atoms with Crippen molar-refractivity contribution < 1.29 is 36.6 Å². The Labute approximate surface area is 155 Å². The first-order chi connectivity index (χ1) is 13.1. The van der Waals surface area contributed by atoms with Gasteiger partial charge in [-0.1, -0.05) is 12.1 Å². The lowest BCUT2D eigenvalue weighted by molar-refractivity contribution is -0.297. The SMILES string of the molecule is O=C(c1cccc(COc2ccc(F)cc2F)c1)N1N=CCC1(O)C(F)(F)F. The van der Waals surface area contributed by atoms with Crippen molar-refractivity contribution in [2.45, 2.75) is 24.9 Å². The van der Waals surface area contributed by atoms with E-state index in [0.29, 0.717) is 11.6 Å². The Morgan fingerprint density at radius 3 is 2.64 bits per heavy atom. The number of carbonyl (C=O) groups excluding carboxylic acids is 1. The number of halogens is 5. The second kappa shape index (κ2) is 7.19. The van der Waals surface area contributed by atoms with Gasteiger partial charge in [0.15, 0.2) is 11.6 Å². The highest BCUT2D eigenvalue weighted by Gasteiger charge is 2.61. The maximum atomic E-state index is 13.6. The van der Waals surface area contributed by atoms with E-state index in [-0.39, 0.29) is 22.9 Å². The van der Waals surface area contributed by atoms with Crippen LogP contribution in [-0.2, 0) is 6.61 Å². The van der Waals surface area contributed by atoms with Crippen LogP contribution in [0.5, 0.6) is 5.75 Å². The summed E-state index contributed by atoms with van der Waals surface area (Å²) in [7, 11) is 0. The molecule has 1 aliphatic heterocycles. The maximum Gasteiger partial charge on any atom is 0.438 e. The van der Waals surface area contributed by atoms with Gasteiger partial charge in [-0.15, -0.1) is 0 Å². The van der Waals surface area contributed by atoms with E-state index in [9.17, 15) is 31.9 Å². The number of benzene rings is 2. The van der Waals surface area contributed by atoms with Crippen LogP contribution in [0.15, 0.2) is 47.6 Å². The van der Waals surface area contributed by atoms with Crippen molar-refractivity contribution in [2.24, 2.45) is 5.10 Å². The average molecular weight is 400 g/mol. The van der Waals surface area contributed by atoms with Gasteiger partial charge in [0.1, 0.15) is 12.4 Å². The minimum Gasteiger partial charge on any atom is -0.486 e. The van der Waals surface area contributed by atoms with Crippen molar-refractivity contribution in [1.82, 2.24) is 5.01 Å². The van der Waals surface area contributed by atoms with Crippen LogP contribution >= 0.6 is 0 Å². The van der Waals surface area contributed by atoms with E-state index in [0.717, 1.165) is 18.3 Å². The number of nitrogens with zero attached hydrogens (tertiary/aromatic N) is 2. The van der Waals surface area contributed by atoms with Gasteiger partial charge in [0, 0.05) is 24.3 Å². The number of hydrogen-bond donors (Lipinski definition) is 1. The summed E-state index contributed by atoms with van der Waals surface area (Å²) in [6.45, 7) is -0.226. The number of alkyl halides is 3. The summed E-state index contributed by atoms with van der Waals surface area (Å²) in [5.74, 6) is -3.09. The van der Waals surface area contributed by atoms with Crippen molar-refractivity contribution in [3.05, 3.63) is 65.2 Å². The fraction of sp³-hybridized carbons (Fsp3) is 0.222. The Morgan fingerprint density at radius 2 is 1.96 bits per heavy atom. The first-order valence-electron chi connectivity index (χ1n) is 7.95. The van der Waals surface area contributed by atoms with Crippen molar-refractivity contribution in [3.8, 4) is 5.75 Å². The quantitative estimate of drug-likeness (QED) is 0.798. The first kappa shape index (κ1) is 19.7. The molecule has 0 aromatic heterocycles. The maximum absolute atomic E-state index is 13.6. The van der Waals surface area contributed by atoms with E-state index >= 15 is 0 Å². The number of rotatable bonds is 4. The summed E-state index contributed by atoms with van der Waals surface area (Å²) >= 11 is 0. The van der Waals surface area contributed by atoms with Crippen molar-refractivity contribution in [3.63, 3.8) is 0 Å². The van der Waals surface area contributed by atoms with Gasteiger partial charge in [-0.3, -0.25) is 4.79 Å². The third kappa shape index (κ3) is 3.68. The molecule has 3 rings (SSSR count). The van der Waals surface area contributed by atoms with Gasteiger partial charge >= 0.3 is 6.18 Å². The highest BCUT2D eigenvalue weighted by Crippen LogP contribution is 2.39. The summed E-state index contributed by atoms with van der Waals surface area (Å²) < 4.78 is 71.0. The lowest BCUT2D eigenvalue weighted by Crippen LogP contribution is -2.56. The summed E-state index contributed by atoms with van der Waals surface area (Å²) in [5.41, 5.74) is -3.26. The minimum absolute atomic E-state index is 0.0212. The molecule has 0 fully saturated rings. The minimum atomic E-state index is -5.10. The van der Waals surface area contributed by atoms with Crippen LogP contribution in [0.25, 0.3) is 0 Å². The topological polar surface area (TPSA) is 62.1 Å². The molecule has 148 valence electrons. The molecule has 0 aliphatic carbocycles. The van der Waals surface area contributed by atoms with Gasteiger partial charge in [0.2, 0.25) is 0 Å². The van der Waals surface area contributed by atoms with Crippen LogP contribution in [0, 0.1) is 11.6 Å². The normalized spacial score (nSPS) is 19.1. The Morgan fingerprint density at radius 1 is 1.21 bits per heavy atom. The monoisotopic (exact) mass is 400 g/mol. The van der Waals surface area contributed by atoms with Crippen molar-refractivity contribution in [2.75, 3.05) is 0 Å². The molecule has 1 amide bonds. The van der Waals surface area contributed by atoms with Crippen LogP contribution in [0.1, 0.15) is 22.3 Å². The van der Waals surface area contributed by atoms with E-state index in [1.807, 2.05) is 0 Å². The molecule has 2 aromatic rings. The molecular weight excluding hydrogens is 387 g/mol.